The smallest absolute Gasteiger partial charge is 0.282 e. The van der Waals surface area contributed by atoms with Gasteiger partial charge in [0.2, 0.25) is 0 Å². The van der Waals surface area contributed by atoms with Crippen molar-refractivity contribution in [2.24, 2.45) is 0 Å². The number of likely N-dealkylation sites (N-methyl/N-ethyl adjacent to an activating group) is 1. The zero-order valence-electron chi connectivity index (χ0n) is 13.5. The molecule has 1 aromatic carbocycles. The topological polar surface area (TPSA) is 47.2 Å². The Labute approximate surface area is 137 Å². The summed E-state index contributed by atoms with van der Waals surface area (Å²) in [6, 6.07) is 5.15. The van der Waals surface area contributed by atoms with Crippen molar-refractivity contribution in [1.29, 1.82) is 0 Å². The van der Waals surface area contributed by atoms with Crippen LogP contribution in [0.1, 0.15) is 13.8 Å². The van der Waals surface area contributed by atoms with E-state index in [-0.39, 0.29) is 11.9 Å². The van der Waals surface area contributed by atoms with Crippen LogP contribution in [0.5, 0.6) is 5.75 Å². The van der Waals surface area contributed by atoms with Crippen LogP contribution in [0, 0.1) is 0 Å². The minimum Gasteiger partial charge on any atom is -0.495 e. The van der Waals surface area contributed by atoms with E-state index in [1.807, 2.05) is 6.92 Å². The molecule has 122 valence electrons. The molecule has 1 atom stereocenters. The highest BCUT2D eigenvalue weighted by Crippen LogP contribution is 2.27. The van der Waals surface area contributed by atoms with Crippen LogP contribution in [-0.4, -0.2) is 51.8 Å². The lowest BCUT2D eigenvalue weighted by molar-refractivity contribution is -1.02. The van der Waals surface area contributed by atoms with Crippen LogP contribution < -0.4 is 19.9 Å². The van der Waals surface area contributed by atoms with E-state index in [1.165, 1.54) is 4.90 Å². The lowest BCUT2D eigenvalue weighted by atomic mass is 10.2. The van der Waals surface area contributed by atoms with Crippen molar-refractivity contribution in [3.63, 3.8) is 0 Å². The van der Waals surface area contributed by atoms with Crippen LogP contribution in [0.15, 0.2) is 18.2 Å². The first-order valence-corrected chi connectivity index (χ1v) is 8.25. The van der Waals surface area contributed by atoms with Gasteiger partial charge in [-0.2, -0.15) is 0 Å². The molecule has 5 nitrogen and oxygen atoms in total. The number of quaternary nitrogens is 2. The molecule has 1 fully saturated rings. The Bertz CT molecular complexity index is 516. The molecule has 1 heterocycles. The summed E-state index contributed by atoms with van der Waals surface area (Å²) in [6.45, 7) is 9.68. The molecule has 1 aromatic rings. The number of benzene rings is 1. The summed E-state index contributed by atoms with van der Waals surface area (Å²) in [5.74, 6) is 0.635. The van der Waals surface area contributed by atoms with E-state index in [2.05, 4.69) is 12.2 Å². The first kappa shape index (κ1) is 17.1. The van der Waals surface area contributed by atoms with Gasteiger partial charge in [-0.3, -0.25) is 4.79 Å². The van der Waals surface area contributed by atoms with Gasteiger partial charge >= 0.3 is 0 Å². The van der Waals surface area contributed by atoms with Crippen molar-refractivity contribution < 1.29 is 19.3 Å². The van der Waals surface area contributed by atoms with E-state index in [0.29, 0.717) is 16.5 Å². The molecule has 1 aliphatic heterocycles. The number of nitrogens with one attached hydrogen (secondary N) is 3. The Kier molecular flexibility index (Phi) is 6.06. The summed E-state index contributed by atoms with van der Waals surface area (Å²) >= 11 is 6.00. The molecule has 1 amide bonds. The number of carbonyl (C=O) groups excluding carboxylic acids is 1. The summed E-state index contributed by atoms with van der Waals surface area (Å²) in [7, 11) is 1.58. The maximum absolute atomic E-state index is 12.5. The highest BCUT2D eigenvalue weighted by molar-refractivity contribution is 6.31. The van der Waals surface area contributed by atoms with E-state index < -0.39 is 0 Å². The van der Waals surface area contributed by atoms with Crippen molar-refractivity contribution in [3.8, 4) is 5.75 Å². The third-order valence-electron chi connectivity index (χ3n) is 4.52. The fourth-order valence-corrected chi connectivity index (χ4v) is 3.09. The second-order valence-corrected chi connectivity index (χ2v) is 6.25. The number of methoxy groups -OCH3 is 1. The first-order valence-electron chi connectivity index (χ1n) is 7.87. The van der Waals surface area contributed by atoms with E-state index in [0.717, 1.165) is 32.7 Å². The number of anilines is 1. The molecule has 22 heavy (non-hydrogen) atoms. The fraction of sp³-hybridized carbons (Fsp3) is 0.562. The third kappa shape index (κ3) is 4.12. The molecule has 0 radical (unpaired) electrons. The van der Waals surface area contributed by atoms with E-state index in [9.17, 15) is 4.79 Å². The Morgan fingerprint density at radius 1 is 1.36 bits per heavy atom. The molecule has 1 saturated heterocycles. The van der Waals surface area contributed by atoms with Crippen LogP contribution in [-0.2, 0) is 4.79 Å². The van der Waals surface area contributed by atoms with E-state index in [1.54, 1.807) is 30.2 Å². The molecular weight excluding hydrogens is 302 g/mol. The minimum atomic E-state index is -0.0814. The molecule has 0 aliphatic carbocycles. The second kappa shape index (κ2) is 7.81. The van der Waals surface area contributed by atoms with Gasteiger partial charge in [0.25, 0.3) is 5.91 Å². The van der Waals surface area contributed by atoms with Crippen molar-refractivity contribution in [2.75, 3.05) is 45.2 Å². The number of carbonyl (C=O) groups is 1. The molecule has 0 unspecified atom stereocenters. The van der Waals surface area contributed by atoms with Gasteiger partial charge in [0, 0.05) is 5.02 Å². The summed E-state index contributed by atoms with van der Waals surface area (Å²) < 4.78 is 5.27. The van der Waals surface area contributed by atoms with Crippen LogP contribution in [0.25, 0.3) is 0 Å². The highest BCUT2D eigenvalue weighted by Gasteiger charge is 2.30. The lowest BCUT2D eigenvalue weighted by Gasteiger charge is -2.32. The van der Waals surface area contributed by atoms with Crippen molar-refractivity contribution in [3.05, 3.63) is 23.2 Å². The number of piperazine rings is 1. The molecule has 6 heteroatoms. The predicted octanol–water partition coefficient (Wildman–Crippen LogP) is -0.521. The third-order valence-corrected chi connectivity index (χ3v) is 4.76. The van der Waals surface area contributed by atoms with Crippen LogP contribution in [0.2, 0.25) is 5.02 Å². The number of halogens is 1. The molecular formula is C16H26ClN3O2+2. The quantitative estimate of drug-likeness (QED) is 0.681. The van der Waals surface area contributed by atoms with Gasteiger partial charge in [0.1, 0.15) is 31.9 Å². The summed E-state index contributed by atoms with van der Waals surface area (Å²) in [6.07, 6.45) is 0. The zero-order chi connectivity index (χ0) is 16.1. The molecule has 2 rings (SSSR count). The standard InChI is InChI=1S/C16H24ClN3O2/c1-4-19-7-9-20(10-8-19)12(2)16(21)18-14-11-13(17)5-6-15(14)22-3/h5-6,11-12H,4,7-10H2,1-3H3,(H,18,21)/p+2/t12-/m1/s1. The van der Waals surface area contributed by atoms with E-state index >= 15 is 0 Å². The number of amides is 1. The monoisotopic (exact) mass is 327 g/mol. The molecule has 0 aromatic heterocycles. The first-order chi connectivity index (χ1) is 10.5. The van der Waals surface area contributed by atoms with Crippen LogP contribution >= 0.6 is 11.6 Å². The SMILES string of the molecule is CC[NH+]1CC[NH+]([C@H](C)C(=O)Nc2cc(Cl)ccc2OC)CC1. The molecule has 3 N–H and O–H groups in total. The number of rotatable bonds is 5. The van der Waals surface area contributed by atoms with Gasteiger partial charge in [0.15, 0.2) is 6.04 Å². The van der Waals surface area contributed by atoms with Gasteiger partial charge in [-0.05, 0) is 32.0 Å². The molecule has 0 bridgehead atoms. The number of ether oxygens (including phenoxy) is 1. The summed E-state index contributed by atoms with van der Waals surface area (Å²) in [5, 5.41) is 3.53. The summed E-state index contributed by atoms with van der Waals surface area (Å²) in [4.78, 5) is 15.5. The van der Waals surface area contributed by atoms with Gasteiger partial charge < -0.3 is 19.9 Å². The lowest BCUT2D eigenvalue weighted by Crippen LogP contribution is -3.29. The zero-order valence-corrected chi connectivity index (χ0v) is 14.3. The Hall–Kier alpha value is -1.30. The Morgan fingerprint density at radius 2 is 2.05 bits per heavy atom. The largest absolute Gasteiger partial charge is 0.495 e. The normalized spacial score (nSPS) is 22.9. The number of hydrogen-bond acceptors (Lipinski definition) is 2. The molecule has 0 spiro atoms. The maximum Gasteiger partial charge on any atom is 0.282 e. The molecule has 0 saturated carbocycles. The van der Waals surface area contributed by atoms with Crippen molar-refractivity contribution in [2.45, 2.75) is 19.9 Å². The average Bonchev–Trinajstić information content (AvgIpc) is 2.54. The Morgan fingerprint density at radius 3 is 2.64 bits per heavy atom. The van der Waals surface area contributed by atoms with Gasteiger partial charge in [-0.25, -0.2) is 0 Å². The van der Waals surface area contributed by atoms with Crippen molar-refractivity contribution >= 4 is 23.2 Å². The fourth-order valence-electron chi connectivity index (χ4n) is 2.92. The van der Waals surface area contributed by atoms with E-state index in [4.69, 9.17) is 16.3 Å². The number of hydrogen-bond donors (Lipinski definition) is 3. The maximum atomic E-state index is 12.5. The highest BCUT2D eigenvalue weighted by atomic mass is 35.5. The minimum absolute atomic E-state index is 0.00974. The van der Waals surface area contributed by atoms with Gasteiger partial charge in [-0.1, -0.05) is 11.6 Å². The predicted molar refractivity (Wildman–Crippen MR) is 88.0 cm³/mol. The van der Waals surface area contributed by atoms with Gasteiger partial charge in [-0.15, -0.1) is 0 Å². The average molecular weight is 328 g/mol. The van der Waals surface area contributed by atoms with Crippen LogP contribution in [0.3, 0.4) is 0 Å². The Balaban J connectivity index is 1.98. The summed E-state index contributed by atoms with van der Waals surface area (Å²) in [5.41, 5.74) is 0.629. The second-order valence-electron chi connectivity index (χ2n) is 5.82. The van der Waals surface area contributed by atoms with Crippen LogP contribution in [0.4, 0.5) is 5.69 Å². The van der Waals surface area contributed by atoms with Crippen molar-refractivity contribution in [1.82, 2.24) is 0 Å². The van der Waals surface area contributed by atoms with Gasteiger partial charge in [0.05, 0.1) is 19.3 Å². The molecule has 1 aliphatic rings.